The minimum absolute atomic E-state index is 0.00712. The number of amides is 1. The molecule has 1 amide bonds. The van der Waals surface area contributed by atoms with Crippen LogP contribution in [0, 0.1) is 0 Å². The Balaban J connectivity index is 3.34. The van der Waals surface area contributed by atoms with Crippen molar-refractivity contribution in [3.63, 3.8) is 0 Å². The Kier molecular flexibility index (Phi) is 68.9. The van der Waals surface area contributed by atoms with E-state index in [9.17, 15) is 19.8 Å². The minimum atomic E-state index is -0.841. The van der Waals surface area contributed by atoms with Crippen molar-refractivity contribution in [3.8, 4) is 0 Å². The summed E-state index contributed by atoms with van der Waals surface area (Å²) in [6.07, 6.45) is 91.0. The molecule has 0 aliphatic heterocycles. The van der Waals surface area contributed by atoms with Gasteiger partial charge in [0.05, 0.1) is 25.4 Å². The average Bonchev–Trinajstić information content (AvgIpc) is 3.47. The van der Waals surface area contributed by atoms with E-state index < -0.39 is 12.1 Å². The molecule has 0 fully saturated rings. The number of hydrogen-bond acceptors (Lipinski definition) is 5. The summed E-state index contributed by atoms with van der Waals surface area (Å²) in [6.45, 7) is 4.89. The number of allylic oxidation sites excluding steroid dienone is 5. The Morgan fingerprint density at radius 3 is 0.975 bits per heavy atom. The zero-order valence-corrected chi connectivity index (χ0v) is 54.8. The average molecular weight is 1140 g/mol. The Hall–Kier alpha value is -1.92. The van der Waals surface area contributed by atoms with E-state index in [0.29, 0.717) is 19.4 Å². The van der Waals surface area contributed by atoms with Crippen molar-refractivity contribution in [2.45, 2.75) is 418 Å². The molecule has 0 bridgehead atoms. The lowest BCUT2D eigenvalue weighted by Crippen LogP contribution is -2.45. The fourth-order valence-electron chi connectivity index (χ4n) is 11.5. The monoisotopic (exact) mass is 1140 g/mol. The van der Waals surface area contributed by atoms with Crippen LogP contribution in [0.2, 0.25) is 0 Å². The third-order valence-electron chi connectivity index (χ3n) is 17.2. The number of hydrogen-bond donors (Lipinski definition) is 3. The van der Waals surface area contributed by atoms with Gasteiger partial charge >= 0.3 is 5.97 Å². The van der Waals surface area contributed by atoms with E-state index in [-0.39, 0.29) is 18.5 Å². The smallest absolute Gasteiger partial charge is 0.305 e. The molecule has 6 heteroatoms. The first kappa shape index (κ1) is 79.1. The van der Waals surface area contributed by atoms with Crippen LogP contribution < -0.4 is 5.32 Å². The molecule has 0 heterocycles. The van der Waals surface area contributed by atoms with E-state index in [1.807, 2.05) is 6.08 Å². The predicted octanol–water partition coefficient (Wildman–Crippen LogP) is 23.9. The van der Waals surface area contributed by atoms with Gasteiger partial charge in [-0.05, 0) is 57.8 Å². The Labute approximate surface area is 506 Å². The fraction of sp³-hybridized carbons (Fsp3) is 0.893. The summed E-state index contributed by atoms with van der Waals surface area (Å²) in [5.41, 5.74) is 0. The number of esters is 1. The molecule has 0 aliphatic carbocycles. The Morgan fingerprint density at radius 1 is 0.346 bits per heavy atom. The van der Waals surface area contributed by atoms with Gasteiger partial charge in [0.25, 0.3) is 0 Å². The van der Waals surface area contributed by atoms with Crippen molar-refractivity contribution < 1.29 is 24.5 Å². The molecule has 0 aliphatic rings. The lowest BCUT2D eigenvalue weighted by atomic mass is 10.0. The van der Waals surface area contributed by atoms with Crippen molar-refractivity contribution in [3.05, 3.63) is 36.5 Å². The predicted molar refractivity (Wildman–Crippen MR) is 356 cm³/mol. The maximum Gasteiger partial charge on any atom is 0.305 e. The number of carbonyl (C=O) groups is 2. The molecule has 2 atom stereocenters. The standard InChI is InChI=1S/C75H143NO5/c1-3-5-7-9-11-13-15-17-19-37-40-43-47-51-55-59-63-67-73(78)72(71-77)76-74(79)68-64-60-56-52-48-44-41-38-35-33-31-29-27-25-23-21-20-22-24-26-28-30-32-34-36-39-42-46-50-54-58-62-66-70-81-75(80)69-65-61-57-53-49-45-18-16-14-12-10-8-6-4-2/h10,12,16,18,63,67,72-73,77-78H,3-9,11,13-15,17,19-62,64-66,68-71H2,1-2H3,(H,76,79)/b12-10-,18-16-,67-63+. The highest BCUT2D eigenvalue weighted by Crippen LogP contribution is 2.19. The fourth-order valence-corrected chi connectivity index (χ4v) is 11.5. The van der Waals surface area contributed by atoms with Gasteiger partial charge in [0.15, 0.2) is 0 Å². The maximum atomic E-state index is 12.5. The molecule has 3 N–H and O–H groups in total. The molecule has 0 spiro atoms. The van der Waals surface area contributed by atoms with Gasteiger partial charge in [0.2, 0.25) is 5.91 Å². The van der Waals surface area contributed by atoms with Crippen molar-refractivity contribution in [2.75, 3.05) is 13.2 Å². The number of carbonyl (C=O) groups excluding carboxylic acids is 2. The van der Waals surface area contributed by atoms with Gasteiger partial charge in [-0.1, -0.05) is 371 Å². The van der Waals surface area contributed by atoms with Crippen LogP contribution in [0.3, 0.4) is 0 Å². The number of aliphatic hydroxyl groups is 2. The molecule has 81 heavy (non-hydrogen) atoms. The molecule has 0 saturated heterocycles. The maximum absolute atomic E-state index is 12.5. The molecule has 0 aromatic heterocycles. The molecule has 0 aromatic carbocycles. The van der Waals surface area contributed by atoms with Crippen LogP contribution in [-0.2, 0) is 14.3 Å². The van der Waals surface area contributed by atoms with Crippen molar-refractivity contribution in [1.29, 1.82) is 0 Å². The lowest BCUT2D eigenvalue weighted by molar-refractivity contribution is -0.143. The lowest BCUT2D eigenvalue weighted by Gasteiger charge is -2.20. The largest absolute Gasteiger partial charge is 0.466 e. The summed E-state index contributed by atoms with van der Waals surface area (Å²) >= 11 is 0. The number of ether oxygens (including phenoxy) is 1. The first-order valence-corrected chi connectivity index (χ1v) is 36.8. The van der Waals surface area contributed by atoms with Gasteiger partial charge in [-0.2, -0.15) is 0 Å². The van der Waals surface area contributed by atoms with Crippen LogP contribution in [-0.4, -0.2) is 47.4 Å². The molecule has 6 nitrogen and oxygen atoms in total. The molecule has 0 saturated carbocycles. The first-order valence-electron chi connectivity index (χ1n) is 36.8. The molecule has 0 aromatic rings. The summed E-state index contributed by atoms with van der Waals surface area (Å²) in [6, 6.07) is -0.624. The SMILES string of the molecule is CCCC/C=C\C/C=C\CCCCCCCC(=O)OCCCCCCCCCCCCCCCCCCCCCCCCCCCCCCCCCCCC(=O)NC(CO)C(O)/C=C/CCCCCCCCCCCCCCCCC. The first-order chi connectivity index (χ1) is 40.0. The number of rotatable bonds is 69. The minimum Gasteiger partial charge on any atom is -0.466 e. The van der Waals surface area contributed by atoms with Gasteiger partial charge in [-0.25, -0.2) is 0 Å². The van der Waals surface area contributed by atoms with E-state index in [4.69, 9.17) is 4.74 Å². The van der Waals surface area contributed by atoms with E-state index in [0.717, 1.165) is 51.4 Å². The van der Waals surface area contributed by atoms with Gasteiger partial charge < -0.3 is 20.3 Å². The second-order valence-corrected chi connectivity index (χ2v) is 25.3. The van der Waals surface area contributed by atoms with Crippen LogP contribution in [0.25, 0.3) is 0 Å². The summed E-state index contributed by atoms with van der Waals surface area (Å²) in [4.78, 5) is 24.6. The van der Waals surface area contributed by atoms with Gasteiger partial charge in [0, 0.05) is 12.8 Å². The molecular weight excluding hydrogens is 995 g/mol. The third-order valence-corrected chi connectivity index (χ3v) is 17.2. The number of unbranched alkanes of at least 4 members (excludes halogenated alkanes) is 54. The van der Waals surface area contributed by atoms with Crippen molar-refractivity contribution in [2.24, 2.45) is 0 Å². The topological polar surface area (TPSA) is 95.9 Å². The van der Waals surface area contributed by atoms with E-state index >= 15 is 0 Å². The van der Waals surface area contributed by atoms with Gasteiger partial charge in [0.1, 0.15) is 0 Å². The summed E-state index contributed by atoms with van der Waals surface area (Å²) in [7, 11) is 0. The van der Waals surface area contributed by atoms with E-state index in [1.165, 1.54) is 327 Å². The van der Waals surface area contributed by atoms with Crippen molar-refractivity contribution >= 4 is 11.9 Å². The Bertz CT molecular complexity index is 1310. The highest BCUT2D eigenvalue weighted by molar-refractivity contribution is 5.76. The third kappa shape index (κ3) is 67.1. The molecule has 0 rings (SSSR count). The second-order valence-electron chi connectivity index (χ2n) is 25.3. The highest BCUT2D eigenvalue weighted by Gasteiger charge is 2.18. The van der Waals surface area contributed by atoms with Crippen LogP contribution in [0.4, 0.5) is 0 Å². The van der Waals surface area contributed by atoms with Crippen LogP contribution in [0.5, 0.6) is 0 Å². The normalized spacial score (nSPS) is 12.7. The second kappa shape index (κ2) is 70.6. The number of nitrogens with one attached hydrogen (secondary N) is 1. The zero-order chi connectivity index (χ0) is 58.5. The number of aliphatic hydroxyl groups excluding tert-OH is 2. The van der Waals surface area contributed by atoms with Gasteiger partial charge in [-0.15, -0.1) is 0 Å². The molecule has 478 valence electrons. The molecule has 0 radical (unpaired) electrons. The molecule has 2 unspecified atom stereocenters. The molecular formula is C75H143NO5. The summed E-state index contributed by atoms with van der Waals surface area (Å²) in [5, 5.41) is 23.2. The van der Waals surface area contributed by atoms with Crippen LogP contribution in [0.15, 0.2) is 36.5 Å². The van der Waals surface area contributed by atoms with E-state index in [1.54, 1.807) is 6.08 Å². The van der Waals surface area contributed by atoms with Gasteiger partial charge in [-0.3, -0.25) is 9.59 Å². The van der Waals surface area contributed by atoms with E-state index in [2.05, 4.69) is 43.5 Å². The van der Waals surface area contributed by atoms with Crippen molar-refractivity contribution in [1.82, 2.24) is 5.32 Å². The zero-order valence-electron chi connectivity index (χ0n) is 54.8. The van der Waals surface area contributed by atoms with Crippen LogP contribution >= 0.6 is 0 Å². The van der Waals surface area contributed by atoms with Crippen LogP contribution in [0.1, 0.15) is 406 Å². The quantitative estimate of drug-likeness (QED) is 0.0320. The highest BCUT2D eigenvalue weighted by atomic mass is 16.5. The summed E-state index contributed by atoms with van der Waals surface area (Å²) < 4.78 is 5.49. The Morgan fingerprint density at radius 2 is 0.630 bits per heavy atom. The summed E-state index contributed by atoms with van der Waals surface area (Å²) in [5.74, 6) is -0.0530.